The summed E-state index contributed by atoms with van der Waals surface area (Å²) < 4.78 is 13.3. The summed E-state index contributed by atoms with van der Waals surface area (Å²) in [6.45, 7) is 0. The van der Waals surface area contributed by atoms with Crippen LogP contribution >= 0.6 is 0 Å². The van der Waals surface area contributed by atoms with Crippen LogP contribution in [0, 0.1) is 0 Å². The lowest BCUT2D eigenvalue weighted by atomic mass is 9.99. The lowest BCUT2D eigenvalue weighted by molar-refractivity contribution is 0.137. The minimum atomic E-state index is -0.233. The molecule has 0 aliphatic heterocycles. The fourth-order valence-corrected chi connectivity index (χ4v) is 4.09. The van der Waals surface area contributed by atoms with E-state index in [0.717, 1.165) is 39.0 Å². The smallest absolute Gasteiger partial charge is 0.118 e. The highest BCUT2D eigenvalue weighted by molar-refractivity contribution is 6.00. The molecule has 1 atom stereocenters. The summed E-state index contributed by atoms with van der Waals surface area (Å²) in [7, 11) is 3.41. The van der Waals surface area contributed by atoms with Crippen molar-refractivity contribution < 1.29 is 9.47 Å². The van der Waals surface area contributed by atoms with Gasteiger partial charge in [-0.25, -0.2) is 4.52 Å². The lowest BCUT2D eigenvalue weighted by Crippen LogP contribution is -2.04. The number of pyridine rings is 1. The van der Waals surface area contributed by atoms with Gasteiger partial charge in [0.15, 0.2) is 0 Å². The molecule has 0 spiro atoms. The van der Waals surface area contributed by atoms with Crippen LogP contribution in [0.2, 0.25) is 0 Å². The molecule has 4 nitrogen and oxygen atoms in total. The zero-order valence-electron chi connectivity index (χ0n) is 16.9. The van der Waals surface area contributed by atoms with E-state index in [1.165, 1.54) is 5.39 Å². The average Bonchev–Trinajstić information content (AvgIpc) is 3.25. The molecular weight excluding hydrogens is 372 g/mol. The van der Waals surface area contributed by atoms with Crippen molar-refractivity contribution in [1.29, 1.82) is 0 Å². The Morgan fingerprint density at radius 2 is 1.57 bits per heavy atom. The first-order chi connectivity index (χ1) is 14.8. The van der Waals surface area contributed by atoms with E-state index in [-0.39, 0.29) is 6.10 Å². The second kappa shape index (κ2) is 7.65. The van der Waals surface area contributed by atoms with Crippen molar-refractivity contribution in [2.45, 2.75) is 6.10 Å². The quantitative estimate of drug-likeness (QED) is 0.372. The number of methoxy groups -OCH3 is 2. The number of aromatic nitrogens is 2. The van der Waals surface area contributed by atoms with Gasteiger partial charge < -0.3 is 9.47 Å². The van der Waals surface area contributed by atoms with Gasteiger partial charge in [0.05, 0.1) is 24.5 Å². The van der Waals surface area contributed by atoms with E-state index in [4.69, 9.17) is 14.6 Å². The van der Waals surface area contributed by atoms with Crippen LogP contribution in [0.25, 0.3) is 27.5 Å². The summed E-state index contributed by atoms with van der Waals surface area (Å²) in [4.78, 5) is 0. The molecule has 0 saturated heterocycles. The first-order valence-corrected chi connectivity index (χ1v) is 9.91. The zero-order valence-corrected chi connectivity index (χ0v) is 16.9. The van der Waals surface area contributed by atoms with Crippen molar-refractivity contribution in [2.24, 2.45) is 0 Å². The third-order valence-corrected chi connectivity index (χ3v) is 5.54. The number of hydrogen-bond acceptors (Lipinski definition) is 3. The summed E-state index contributed by atoms with van der Waals surface area (Å²) in [5.41, 5.74) is 5.34. The first kappa shape index (κ1) is 18.4. The summed E-state index contributed by atoms with van der Waals surface area (Å²) in [6.07, 6.45) is 1.69. The third kappa shape index (κ3) is 3.02. The molecule has 5 aromatic rings. The Labute approximate surface area is 175 Å². The van der Waals surface area contributed by atoms with Crippen LogP contribution in [0.1, 0.15) is 17.2 Å². The van der Waals surface area contributed by atoms with Gasteiger partial charge in [-0.1, -0.05) is 66.7 Å². The van der Waals surface area contributed by atoms with Gasteiger partial charge in [0, 0.05) is 23.6 Å². The van der Waals surface area contributed by atoms with Gasteiger partial charge in [0.2, 0.25) is 0 Å². The maximum Gasteiger partial charge on any atom is 0.118 e. The van der Waals surface area contributed by atoms with Gasteiger partial charge in [-0.3, -0.25) is 0 Å². The molecule has 148 valence electrons. The van der Waals surface area contributed by atoms with Gasteiger partial charge >= 0.3 is 0 Å². The SMILES string of the molecule is COc1ccc(C(OC)c2cnn3c(-c4ccccc4)cc4ccccc4c23)cc1. The van der Waals surface area contributed by atoms with Crippen LogP contribution in [-0.2, 0) is 4.74 Å². The molecule has 3 aromatic carbocycles. The van der Waals surface area contributed by atoms with Crippen molar-refractivity contribution >= 4 is 16.3 Å². The van der Waals surface area contributed by atoms with Gasteiger partial charge in [-0.15, -0.1) is 0 Å². The zero-order chi connectivity index (χ0) is 20.5. The Morgan fingerprint density at radius 1 is 0.833 bits per heavy atom. The Hall–Kier alpha value is -3.63. The Bertz CT molecular complexity index is 1310. The number of fused-ring (bicyclic) bond motifs is 3. The van der Waals surface area contributed by atoms with Crippen molar-refractivity contribution in [2.75, 3.05) is 14.2 Å². The normalized spacial score (nSPS) is 12.3. The number of hydrogen-bond donors (Lipinski definition) is 0. The molecule has 5 rings (SSSR count). The van der Waals surface area contributed by atoms with Gasteiger partial charge in [0.25, 0.3) is 0 Å². The summed E-state index contributed by atoms with van der Waals surface area (Å²) >= 11 is 0. The molecule has 0 aliphatic rings. The van der Waals surface area contributed by atoms with E-state index >= 15 is 0 Å². The maximum atomic E-state index is 5.96. The second-order valence-electron chi connectivity index (χ2n) is 7.23. The topological polar surface area (TPSA) is 35.8 Å². The summed E-state index contributed by atoms with van der Waals surface area (Å²) in [6, 6.07) is 29.0. The number of benzene rings is 3. The summed E-state index contributed by atoms with van der Waals surface area (Å²) in [5, 5.41) is 7.11. The van der Waals surface area contributed by atoms with E-state index in [1.54, 1.807) is 14.2 Å². The molecule has 30 heavy (non-hydrogen) atoms. The van der Waals surface area contributed by atoms with Gasteiger partial charge in [-0.2, -0.15) is 5.10 Å². The third-order valence-electron chi connectivity index (χ3n) is 5.54. The molecular formula is C26H22N2O2. The Balaban J connectivity index is 1.78. The number of rotatable bonds is 5. The highest BCUT2D eigenvalue weighted by Gasteiger charge is 2.21. The molecule has 0 saturated carbocycles. The first-order valence-electron chi connectivity index (χ1n) is 9.91. The maximum absolute atomic E-state index is 5.96. The highest BCUT2D eigenvalue weighted by atomic mass is 16.5. The molecule has 2 aromatic heterocycles. The monoisotopic (exact) mass is 394 g/mol. The fraction of sp³-hybridized carbons (Fsp3) is 0.115. The fourth-order valence-electron chi connectivity index (χ4n) is 4.09. The van der Waals surface area contributed by atoms with E-state index in [0.29, 0.717) is 0 Å². The molecule has 0 bridgehead atoms. The minimum absolute atomic E-state index is 0.233. The van der Waals surface area contributed by atoms with Crippen molar-refractivity contribution in [3.63, 3.8) is 0 Å². The van der Waals surface area contributed by atoms with Crippen molar-refractivity contribution in [3.8, 4) is 17.0 Å². The largest absolute Gasteiger partial charge is 0.497 e. The van der Waals surface area contributed by atoms with Gasteiger partial charge in [-0.05, 0) is 29.1 Å². The molecule has 0 aliphatic carbocycles. The predicted molar refractivity (Wildman–Crippen MR) is 120 cm³/mol. The molecule has 0 fully saturated rings. The molecule has 4 heteroatoms. The predicted octanol–water partition coefficient (Wildman–Crippen LogP) is 5.90. The Morgan fingerprint density at radius 3 is 2.30 bits per heavy atom. The Kier molecular flexibility index (Phi) is 4.69. The number of nitrogens with zero attached hydrogens (tertiary/aromatic N) is 2. The molecule has 0 radical (unpaired) electrons. The standard InChI is InChI=1S/C26H22N2O2/c1-29-21-14-12-19(13-15-21)26(30-2)23-17-27-28-24(18-8-4-3-5-9-18)16-20-10-6-7-11-22(20)25(23)28/h3-17,26H,1-2H3. The minimum Gasteiger partial charge on any atom is -0.497 e. The van der Waals surface area contributed by atoms with Crippen LogP contribution in [0.15, 0.2) is 91.1 Å². The van der Waals surface area contributed by atoms with Crippen LogP contribution < -0.4 is 4.74 Å². The van der Waals surface area contributed by atoms with Crippen molar-refractivity contribution in [1.82, 2.24) is 9.61 Å². The number of ether oxygens (including phenoxy) is 2. The molecule has 2 heterocycles. The second-order valence-corrected chi connectivity index (χ2v) is 7.23. The van der Waals surface area contributed by atoms with E-state index < -0.39 is 0 Å². The van der Waals surface area contributed by atoms with Crippen LogP contribution in [0.4, 0.5) is 0 Å². The molecule has 0 N–H and O–H groups in total. The molecule has 1 unspecified atom stereocenters. The van der Waals surface area contributed by atoms with E-state index in [9.17, 15) is 0 Å². The van der Waals surface area contributed by atoms with Crippen LogP contribution in [0.3, 0.4) is 0 Å². The van der Waals surface area contributed by atoms with Crippen LogP contribution in [-0.4, -0.2) is 23.8 Å². The summed E-state index contributed by atoms with van der Waals surface area (Å²) in [5.74, 6) is 0.824. The van der Waals surface area contributed by atoms with Crippen LogP contribution in [0.5, 0.6) is 5.75 Å². The average molecular weight is 394 g/mol. The van der Waals surface area contributed by atoms with E-state index in [2.05, 4.69) is 54.6 Å². The highest BCUT2D eigenvalue weighted by Crippen LogP contribution is 2.36. The molecule has 0 amide bonds. The lowest BCUT2D eigenvalue weighted by Gasteiger charge is -2.17. The van der Waals surface area contributed by atoms with Crippen molar-refractivity contribution in [3.05, 3.63) is 102 Å². The van der Waals surface area contributed by atoms with E-state index in [1.807, 2.05) is 41.0 Å². The van der Waals surface area contributed by atoms with Gasteiger partial charge in [0.1, 0.15) is 11.9 Å².